The minimum absolute atomic E-state index is 0.145. The number of aliphatic hydroxyl groups excluding tert-OH is 1. The summed E-state index contributed by atoms with van der Waals surface area (Å²) in [4.78, 5) is 13.3. The zero-order valence-corrected chi connectivity index (χ0v) is 19.7. The fraction of sp³-hybridized carbons (Fsp3) is 0.400. The van der Waals surface area contributed by atoms with Gasteiger partial charge in [-0.1, -0.05) is 6.07 Å². The summed E-state index contributed by atoms with van der Waals surface area (Å²) in [6.07, 6.45) is 10.7. The maximum Gasteiger partial charge on any atom is 0.129 e. The number of aromatic nitrogens is 3. The first kappa shape index (κ1) is 23.7. The molecule has 1 fully saturated rings. The number of ether oxygens (including phenoxy) is 1. The molecule has 1 saturated carbocycles. The third-order valence-electron chi connectivity index (χ3n) is 5.86. The van der Waals surface area contributed by atoms with Crippen LogP contribution in [-0.2, 0) is 7.05 Å². The topological polar surface area (TPSA) is 123 Å². The van der Waals surface area contributed by atoms with Gasteiger partial charge in [-0.15, -0.1) is 0 Å². The third kappa shape index (κ3) is 6.33. The molecule has 0 unspecified atom stereocenters. The Morgan fingerprint density at radius 1 is 1.29 bits per heavy atom. The van der Waals surface area contributed by atoms with Crippen molar-refractivity contribution in [3.05, 3.63) is 55.1 Å². The first-order valence-electron chi connectivity index (χ1n) is 11.7. The van der Waals surface area contributed by atoms with Gasteiger partial charge in [-0.05, 0) is 50.8 Å². The van der Waals surface area contributed by atoms with E-state index >= 15 is 0 Å². The van der Waals surface area contributed by atoms with Gasteiger partial charge in [0.15, 0.2) is 0 Å². The highest BCUT2D eigenvalue weighted by atomic mass is 16.5. The van der Waals surface area contributed by atoms with Crippen LogP contribution in [0.15, 0.2) is 60.1 Å². The summed E-state index contributed by atoms with van der Waals surface area (Å²) >= 11 is 0. The Morgan fingerprint density at radius 2 is 2.12 bits per heavy atom. The van der Waals surface area contributed by atoms with Crippen molar-refractivity contribution < 1.29 is 9.84 Å². The van der Waals surface area contributed by atoms with E-state index in [2.05, 4.69) is 25.6 Å². The highest BCUT2D eigenvalue weighted by molar-refractivity contribution is 5.97. The van der Waals surface area contributed by atoms with Gasteiger partial charge in [0.2, 0.25) is 0 Å². The average molecular weight is 464 g/mol. The molecule has 34 heavy (non-hydrogen) atoms. The molecule has 0 aliphatic heterocycles. The predicted molar refractivity (Wildman–Crippen MR) is 135 cm³/mol. The minimum Gasteiger partial charge on any atom is -0.490 e. The quantitative estimate of drug-likeness (QED) is 0.284. The Balaban J connectivity index is 1.45. The fourth-order valence-electron chi connectivity index (χ4n) is 4.09. The van der Waals surface area contributed by atoms with Crippen molar-refractivity contribution in [1.82, 2.24) is 19.9 Å². The van der Waals surface area contributed by atoms with E-state index in [0.717, 1.165) is 48.3 Å². The van der Waals surface area contributed by atoms with Crippen LogP contribution >= 0.6 is 0 Å². The molecule has 0 radical (unpaired) electrons. The van der Waals surface area contributed by atoms with Crippen molar-refractivity contribution in [2.24, 2.45) is 17.8 Å². The molecule has 2 heterocycles. The molecule has 3 aromatic rings. The lowest BCUT2D eigenvalue weighted by Crippen LogP contribution is -2.39. The van der Waals surface area contributed by atoms with Crippen LogP contribution < -0.4 is 21.1 Å². The van der Waals surface area contributed by atoms with Gasteiger partial charge >= 0.3 is 0 Å². The van der Waals surface area contributed by atoms with Gasteiger partial charge in [-0.2, -0.15) is 0 Å². The summed E-state index contributed by atoms with van der Waals surface area (Å²) in [5.41, 5.74) is 8.55. The molecule has 2 aromatic heterocycles. The van der Waals surface area contributed by atoms with E-state index < -0.39 is 0 Å². The van der Waals surface area contributed by atoms with Crippen LogP contribution in [0, 0.1) is 0 Å². The Morgan fingerprint density at radius 3 is 2.85 bits per heavy atom. The number of amidine groups is 1. The molecule has 0 bridgehead atoms. The van der Waals surface area contributed by atoms with Crippen LogP contribution in [0.2, 0.25) is 0 Å². The van der Waals surface area contributed by atoms with Gasteiger partial charge in [0, 0.05) is 44.2 Å². The summed E-state index contributed by atoms with van der Waals surface area (Å²) in [5, 5.41) is 16.0. The molecular formula is C25H33N7O2. The van der Waals surface area contributed by atoms with E-state index in [-0.39, 0.29) is 12.2 Å². The van der Waals surface area contributed by atoms with Gasteiger partial charge in [0.05, 0.1) is 29.7 Å². The van der Waals surface area contributed by atoms with E-state index in [0.29, 0.717) is 24.1 Å². The molecule has 9 heteroatoms. The Kier molecular flexibility index (Phi) is 7.76. The number of rotatable bonds is 9. The lowest BCUT2D eigenvalue weighted by Gasteiger charge is -2.30. The molecule has 9 nitrogen and oxygen atoms in total. The van der Waals surface area contributed by atoms with Crippen LogP contribution in [0.3, 0.4) is 0 Å². The second-order valence-electron chi connectivity index (χ2n) is 8.74. The summed E-state index contributed by atoms with van der Waals surface area (Å²) < 4.78 is 8.31. The number of pyridine rings is 1. The van der Waals surface area contributed by atoms with Crippen molar-refractivity contribution in [2.75, 3.05) is 11.9 Å². The van der Waals surface area contributed by atoms with Crippen molar-refractivity contribution in [2.45, 2.75) is 50.9 Å². The van der Waals surface area contributed by atoms with Crippen LogP contribution in [0.5, 0.6) is 5.75 Å². The molecule has 0 amide bonds. The number of hydrogen-bond acceptors (Lipinski definition) is 7. The van der Waals surface area contributed by atoms with E-state index in [1.165, 1.54) is 0 Å². The molecule has 1 aliphatic rings. The number of nitrogens with zero attached hydrogens (tertiary/aromatic N) is 4. The second kappa shape index (κ2) is 11.1. The lowest BCUT2D eigenvalue weighted by atomic mass is 9.93. The number of aliphatic hydroxyl groups is 1. The maximum atomic E-state index is 9.49. The highest BCUT2D eigenvalue weighted by Gasteiger charge is 2.23. The number of aliphatic imine (C=N–C) groups is 1. The Bertz CT molecular complexity index is 1130. The molecule has 1 atom stereocenters. The number of nitrogens with one attached hydrogen (secondary N) is 2. The standard InChI is InChI=1S/C25H33N7O2/c1-17(33)15-29-18-6-8-19(9-7-18)34-20-13-21(25-22(14-20)32(2)16-30-25)31-23(26)10-12-28-24-5-3-4-11-27-24/h3-5,10-14,16-19,29,33H,6-9,15H2,1-2H3,(H2,26,31)(H,27,28)/b12-10-/t17-,18?,19?/m0/s1. The first-order chi connectivity index (χ1) is 16.5. The van der Waals surface area contributed by atoms with Crippen LogP contribution in [0.1, 0.15) is 32.6 Å². The second-order valence-corrected chi connectivity index (χ2v) is 8.74. The smallest absolute Gasteiger partial charge is 0.129 e. The lowest BCUT2D eigenvalue weighted by molar-refractivity contribution is 0.131. The largest absolute Gasteiger partial charge is 0.490 e. The van der Waals surface area contributed by atoms with E-state index in [4.69, 9.17) is 10.5 Å². The van der Waals surface area contributed by atoms with Crippen LogP contribution in [-0.4, -0.2) is 50.3 Å². The van der Waals surface area contributed by atoms with Crippen molar-refractivity contribution >= 4 is 28.4 Å². The number of benzene rings is 1. The molecule has 0 saturated heterocycles. The SMILES string of the molecule is C[C@H](O)CNC1CCC(Oc2cc(N=C(N)/C=C\Nc3ccccn3)c3ncn(C)c3c2)CC1. The average Bonchev–Trinajstić information content (AvgIpc) is 3.20. The van der Waals surface area contributed by atoms with Crippen LogP contribution in [0.4, 0.5) is 11.5 Å². The number of anilines is 1. The summed E-state index contributed by atoms with van der Waals surface area (Å²) in [7, 11) is 1.95. The van der Waals surface area contributed by atoms with Crippen molar-refractivity contribution in [3.63, 3.8) is 0 Å². The molecule has 180 valence electrons. The Labute approximate surface area is 199 Å². The molecule has 0 spiro atoms. The zero-order valence-electron chi connectivity index (χ0n) is 19.7. The van der Waals surface area contributed by atoms with Crippen LogP contribution in [0.25, 0.3) is 11.0 Å². The van der Waals surface area contributed by atoms with E-state index in [1.807, 2.05) is 41.9 Å². The number of fused-ring (bicyclic) bond motifs is 1. The normalized spacial score (nSPS) is 20.0. The molecule has 4 rings (SSSR count). The highest BCUT2D eigenvalue weighted by Crippen LogP contribution is 2.32. The first-order valence-corrected chi connectivity index (χ1v) is 11.7. The number of imidazole rings is 1. The minimum atomic E-state index is -0.327. The molecular weight excluding hydrogens is 430 g/mol. The number of aryl methyl sites for hydroxylation is 1. The van der Waals surface area contributed by atoms with Crippen molar-refractivity contribution in [3.8, 4) is 5.75 Å². The monoisotopic (exact) mass is 463 g/mol. The third-order valence-corrected chi connectivity index (χ3v) is 5.86. The van der Waals surface area contributed by atoms with E-state index in [1.54, 1.807) is 31.7 Å². The van der Waals surface area contributed by atoms with Gasteiger partial charge in [0.1, 0.15) is 22.9 Å². The fourth-order valence-corrected chi connectivity index (χ4v) is 4.09. The number of nitrogens with two attached hydrogens (primary N) is 1. The van der Waals surface area contributed by atoms with E-state index in [9.17, 15) is 5.11 Å². The number of hydrogen-bond donors (Lipinski definition) is 4. The molecule has 1 aliphatic carbocycles. The van der Waals surface area contributed by atoms with Gasteiger partial charge in [0.25, 0.3) is 0 Å². The Hall–Kier alpha value is -3.43. The van der Waals surface area contributed by atoms with Crippen molar-refractivity contribution in [1.29, 1.82) is 0 Å². The van der Waals surface area contributed by atoms with Gasteiger partial charge < -0.3 is 30.8 Å². The van der Waals surface area contributed by atoms with Gasteiger partial charge in [-0.25, -0.2) is 15.0 Å². The predicted octanol–water partition coefficient (Wildman–Crippen LogP) is 3.24. The zero-order chi connectivity index (χ0) is 23.9. The molecule has 5 N–H and O–H groups in total. The summed E-state index contributed by atoms with van der Waals surface area (Å²) in [6, 6.07) is 9.97. The summed E-state index contributed by atoms with van der Waals surface area (Å²) in [6.45, 7) is 2.43. The molecule has 1 aromatic carbocycles. The maximum absolute atomic E-state index is 9.49. The van der Waals surface area contributed by atoms with Gasteiger partial charge in [-0.3, -0.25) is 0 Å². The summed E-state index contributed by atoms with van der Waals surface area (Å²) in [5.74, 6) is 1.83.